The lowest BCUT2D eigenvalue weighted by molar-refractivity contribution is 0.293. The lowest BCUT2D eigenvalue weighted by Crippen LogP contribution is -2.46. The van der Waals surface area contributed by atoms with Gasteiger partial charge in [0.2, 0.25) is 10.0 Å². The molecule has 1 aliphatic heterocycles. The summed E-state index contributed by atoms with van der Waals surface area (Å²) in [6, 6.07) is 7.53. The van der Waals surface area contributed by atoms with Crippen LogP contribution in [0, 0.1) is 6.92 Å². The van der Waals surface area contributed by atoms with Crippen LogP contribution in [-0.2, 0) is 10.0 Å². The van der Waals surface area contributed by atoms with Gasteiger partial charge in [-0.3, -0.25) is 4.98 Å². The van der Waals surface area contributed by atoms with E-state index in [0.717, 1.165) is 23.8 Å². The number of para-hydroxylation sites is 1. The van der Waals surface area contributed by atoms with Gasteiger partial charge in [-0.2, -0.15) is 4.31 Å². The van der Waals surface area contributed by atoms with Crippen molar-refractivity contribution in [3.05, 3.63) is 36.0 Å². The third kappa shape index (κ3) is 2.74. The van der Waals surface area contributed by atoms with Crippen LogP contribution in [0.4, 0.5) is 0 Å². The van der Waals surface area contributed by atoms with Gasteiger partial charge in [-0.05, 0) is 44.5 Å². The molecule has 118 valence electrons. The zero-order valence-electron chi connectivity index (χ0n) is 12.9. The van der Waals surface area contributed by atoms with Gasteiger partial charge in [0.15, 0.2) is 0 Å². The first-order valence-corrected chi connectivity index (χ1v) is 8.99. The summed E-state index contributed by atoms with van der Waals surface area (Å²) >= 11 is 0. The number of aryl methyl sites for hydroxylation is 1. The summed E-state index contributed by atoms with van der Waals surface area (Å²) in [5.41, 5.74) is 1.58. The number of nitrogens with one attached hydrogen (secondary N) is 1. The summed E-state index contributed by atoms with van der Waals surface area (Å²) < 4.78 is 27.6. The van der Waals surface area contributed by atoms with Gasteiger partial charge in [-0.25, -0.2) is 8.42 Å². The van der Waals surface area contributed by atoms with E-state index in [1.165, 1.54) is 0 Å². The SMILES string of the molecule is CNC1CCCN(S(=O)(=O)c2cccc3cc(C)cnc23)C1. The fourth-order valence-electron chi connectivity index (χ4n) is 2.99. The summed E-state index contributed by atoms with van der Waals surface area (Å²) in [4.78, 5) is 4.67. The van der Waals surface area contributed by atoms with Gasteiger partial charge in [-0.1, -0.05) is 12.1 Å². The maximum Gasteiger partial charge on any atom is 0.245 e. The van der Waals surface area contributed by atoms with Crippen LogP contribution in [0.15, 0.2) is 35.4 Å². The monoisotopic (exact) mass is 319 g/mol. The molecule has 1 aromatic heterocycles. The smallest absolute Gasteiger partial charge is 0.245 e. The van der Waals surface area contributed by atoms with E-state index in [0.29, 0.717) is 23.5 Å². The number of sulfonamides is 1. The topological polar surface area (TPSA) is 62.3 Å². The van der Waals surface area contributed by atoms with Crippen LogP contribution in [0.3, 0.4) is 0 Å². The number of nitrogens with zero attached hydrogens (tertiary/aromatic N) is 2. The molecule has 0 saturated carbocycles. The van der Waals surface area contributed by atoms with Crippen molar-refractivity contribution in [3.63, 3.8) is 0 Å². The fourth-order valence-corrected chi connectivity index (χ4v) is 4.68. The van der Waals surface area contributed by atoms with E-state index in [-0.39, 0.29) is 6.04 Å². The number of fused-ring (bicyclic) bond motifs is 1. The first-order chi connectivity index (χ1) is 10.5. The summed E-state index contributed by atoms with van der Waals surface area (Å²) in [7, 11) is -1.64. The van der Waals surface area contributed by atoms with Crippen LogP contribution in [0.2, 0.25) is 0 Å². The average molecular weight is 319 g/mol. The summed E-state index contributed by atoms with van der Waals surface area (Å²) in [5, 5.41) is 4.04. The molecule has 5 nitrogen and oxygen atoms in total. The minimum atomic E-state index is -3.51. The highest BCUT2D eigenvalue weighted by atomic mass is 32.2. The fraction of sp³-hybridized carbons (Fsp3) is 0.438. The van der Waals surface area contributed by atoms with Gasteiger partial charge in [0, 0.05) is 30.7 Å². The normalized spacial score (nSPS) is 20.4. The molecule has 1 fully saturated rings. The molecule has 0 spiro atoms. The molecule has 0 amide bonds. The van der Waals surface area contributed by atoms with Crippen LogP contribution in [-0.4, -0.2) is 43.9 Å². The number of pyridine rings is 1. The predicted molar refractivity (Wildman–Crippen MR) is 87.3 cm³/mol. The molecular weight excluding hydrogens is 298 g/mol. The van der Waals surface area contributed by atoms with Crippen molar-refractivity contribution in [2.45, 2.75) is 30.7 Å². The van der Waals surface area contributed by atoms with Gasteiger partial charge in [0.1, 0.15) is 4.90 Å². The third-order valence-corrected chi connectivity index (χ3v) is 6.12. The van der Waals surface area contributed by atoms with Crippen LogP contribution in [0.1, 0.15) is 18.4 Å². The lowest BCUT2D eigenvalue weighted by atomic mass is 10.1. The van der Waals surface area contributed by atoms with E-state index in [1.807, 2.05) is 26.1 Å². The molecule has 0 bridgehead atoms. The zero-order chi connectivity index (χ0) is 15.7. The Morgan fingerprint density at radius 1 is 1.36 bits per heavy atom. The van der Waals surface area contributed by atoms with Crippen molar-refractivity contribution < 1.29 is 8.42 Å². The zero-order valence-corrected chi connectivity index (χ0v) is 13.7. The van der Waals surface area contributed by atoms with E-state index >= 15 is 0 Å². The van der Waals surface area contributed by atoms with Crippen molar-refractivity contribution in [1.29, 1.82) is 0 Å². The van der Waals surface area contributed by atoms with Crippen molar-refractivity contribution in [2.24, 2.45) is 0 Å². The number of likely N-dealkylation sites (N-methyl/N-ethyl adjacent to an activating group) is 1. The number of rotatable bonds is 3. The Kier molecular flexibility index (Phi) is 4.16. The molecule has 1 aliphatic rings. The van der Waals surface area contributed by atoms with Crippen LogP contribution >= 0.6 is 0 Å². The molecule has 0 aliphatic carbocycles. The molecule has 0 radical (unpaired) electrons. The van der Waals surface area contributed by atoms with Crippen LogP contribution < -0.4 is 5.32 Å². The van der Waals surface area contributed by atoms with E-state index in [9.17, 15) is 8.42 Å². The summed E-state index contributed by atoms with van der Waals surface area (Å²) in [6.07, 6.45) is 3.60. The summed E-state index contributed by atoms with van der Waals surface area (Å²) in [6.45, 7) is 3.04. The van der Waals surface area contributed by atoms with Crippen molar-refractivity contribution in [1.82, 2.24) is 14.6 Å². The summed E-state index contributed by atoms with van der Waals surface area (Å²) in [5.74, 6) is 0. The highest BCUT2D eigenvalue weighted by Gasteiger charge is 2.31. The number of benzene rings is 1. The van der Waals surface area contributed by atoms with Crippen molar-refractivity contribution in [3.8, 4) is 0 Å². The maximum absolute atomic E-state index is 13.0. The van der Waals surface area contributed by atoms with E-state index in [4.69, 9.17) is 0 Å². The third-order valence-electron chi connectivity index (χ3n) is 4.22. The molecule has 1 N–H and O–H groups in total. The number of hydrogen-bond donors (Lipinski definition) is 1. The van der Waals surface area contributed by atoms with E-state index in [1.54, 1.807) is 22.6 Å². The predicted octanol–water partition coefficient (Wildman–Crippen LogP) is 1.92. The molecule has 6 heteroatoms. The molecule has 1 unspecified atom stereocenters. The number of aromatic nitrogens is 1. The molecule has 2 aromatic rings. The second-order valence-corrected chi connectivity index (χ2v) is 7.74. The van der Waals surface area contributed by atoms with Crippen LogP contribution in [0.5, 0.6) is 0 Å². The Hall–Kier alpha value is -1.50. The van der Waals surface area contributed by atoms with Crippen molar-refractivity contribution >= 4 is 20.9 Å². The number of piperidine rings is 1. The minimum absolute atomic E-state index is 0.216. The minimum Gasteiger partial charge on any atom is -0.316 e. The Labute approximate surface area is 131 Å². The Morgan fingerprint density at radius 2 is 2.18 bits per heavy atom. The van der Waals surface area contributed by atoms with Crippen LogP contribution in [0.25, 0.3) is 10.9 Å². The second-order valence-electron chi connectivity index (χ2n) is 5.83. The van der Waals surface area contributed by atoms with Gasteiger partial charge in [0.25, 0.3) is 0 Å². The Balaban J connectivity index is 2.05. The first-order valence-electron chi connectivity index (χ1n) is 7.55. The quantitative estimate of drug-likeness (QED) is 0.939. The molecule has 1 saturated heterocycles. The molecule has 22 heavy (non-hydrogen) atoms. The highest BCUT2D eigenvalue weighted by Crippen LogP contribution is 2.26. The van der Waals surface area contributed by atoms with Crippen molar-refractivity contribution in [2.75, 3.05) is 20.1 Å². The average Bonchev–Trinajstić information content (AvgIpc) is 2.54. The highest BCUT2D eigenvalue weighted by molar-refractivity contribution is 7.89. The molecule has 3 rings (SSSR count). The van der Waals surface area contributed by atoms with Gasteiger partial charge >= 0.3 is 0 Å². The largest absolute Gasteiger partial charge is 0.316 e. The standard InChI is InChI=1S/C16H21N3O2S/c1-12-9-13-5-3-7-15(16(13)18-10-12)22(20,21)19-8-4-6-14(11-19)17-2/h3,5,7,9-10,14,17H,4,6,8,11H2,1-2H3. The van der Waals surface area contributed by atoms with Gasteiger partial charge in [-0.15, -0.1) is 0 Å². The number of hydrogen-bond acceptors (Lipinski definition) is 4. The Bertz CT molecular complexity index is 789. The first kappa shape index (κ1) is 15.4. The second kappa shape index (κ2) is 5.95. The van der Waals surface area contributed by atoms with E-state index in [2.05, 4.69) is 10.3 Å². The molecule has 2 heterocycles. The van der Waals surface area contributed by atoms with E-state index < -0.39 is 10.0 Å². The molecule has 1 atom stereocenters. The molecule has 1 aromatic carbocycles. The van der Waals surface area contributed by atoms with Gasteiger partial charge < -0.3 is 5.32 Å². The lowest BCUT2D eigenvalue weighted by Gasteiger charge is -2.31. The maximum atomic E-state index is 13.0. The van der Waals surface area contributed by atoms with Gasteiger partial charge in [0.05, 0.1) is 5.52 Å². The molecular formula is C16H21N3O2S. The Morgan fingerprint density at radius 3 is 2.95 bits per heavy atom.